The molecule has 9 nitrogen and oxygen atoms in total. The standard InChI is InChI=1S/C16H29BN4O5/c1-10(2)14(16(24)21-8-4-6-12(21)17(25)26)19-15(23)11-5-3-7-20(11)13(22)9-18/h10-12,14,25-26H,3-9,18H2,1-2H3,(H,19,23)/t11-,12?,14-/m0/s1. The number of carbonyl (C=O) groups excluding carboxylic acids is 3. The number of hydrogen-bond acceptors (Lipinski definition) is 6. The summed E-state index contributed by atoms with van der Waals surface area (Å²) < 4.78 is 0. The van der Waals surface area contributed by atoms with Gasteiger partial charge in [-0.2, -0.15) is 0 Å². The van der Waals surface area contributed by atoms with E-state index in [0.29, 0.717) is 32.4 Å². The lowest BCUT2D eigenvalue weighted by Gasteiger charge is -2.32. The summed E-state index contributed by atoms with van der Waals surface area (Å²) in [4.78, 5) is 40.4. The Kier molecular flexibility index (Phi) is 7.02. The van der Waals surface area contributed by atoms with Crippen LogP contribution in [0.1, 0.15) is 39.5 Å². The quantitative estimate of drug-likeness (QED) is 0.404. The number of rotatable bonds is 6. The van der Waals surface area contributed by atoms with Crippen molar-refractivity contribution in [2.45, 2.75) is 57.6 Å². The Morgan fingerprint density at radius 3 is 2.35 bits per heavy atom. The van der Waals surface area contributed by atoms with Gasteiger partial charge in [-0.3, -0.25) is 14.4 Å². The van der Waals surface area contributed by atoms with Crippen LogP contribution in [0.5, 0.6) is 0 Å². The fourth-order valence-electron chi connectivity index (χ4n) is 3.77. The summed E-state index contributed by atoms with van der Waals surface area (Å²) in [7, 11) is -1.60. The van der Waals surface area contributed by atoms with E-state index in [-0.39, 0.29) is 30.2 Å². The molecule has 146 valence electrons. The average Bonchev–Trinajstić information content (AvgIpc) is 3.26. The second-order valence-corrected chi connectivity index (χ2v) is 7.33. The van der Waals surface area contributed by atoms with Crippen LogP contribution in [0.3, 0.4) is 0 Å². The minimum Gasteiger partial charge on any atom is -0.426 e. The molecule has 2 aliphatic rings. The highest BCUT2D eigenvalue weighted by Crippen LogP contribution is 2.22. The highest BCUT2D eigenvalue weighted by Gasteiger charge is 2.42. The molecule has 0 aromatic rings. The third-order valence-corrected chi connectivity index (χ3v) is 5.21. The average molecular weight is 368 g/mol. The zero-order valence-corrected chi connectivity index (χ0v) is 15.4. The van der Waals surface area contributed by atoms with Crippen LogP contribution in [0.4, 0.5) is 0 Å². The molecule has 2 rings (SSSR count). The van der Waals surface area contributed by atoms with Gasteiger partial charge in [0.2, 0.25) is 17.7 Å². The van der Waals surface area contributed by atoms with Crippen LogP contribution in [-0.4, -0.2) is 82.3 Å². The molecule has 5 N–H and O–H groups in total. The molecule has 0 spiro atoms. The fraction of sp³-hybridized carbons (Fsp3) is 0.812. The second-order valence-electron chi connectivity index (χ2n) is 7.33. The van der Waals surface area contributed by atoms with Crippen molar-refractivity contribution in [3.05, 3.63) is 0 Å². The summed E-state index contributed by atoms with van der Waals surface area (Å²) in [6, 6.07) is -1.39. The Balaban J connectivity index is 2.09. The van der Waals surface area contributed by atoms with Crippen LogP contribution in [0, 0.1) is 5.92 Å². The van der Waals surface area contributed by atoms with Crippen molar-refractivity contribution in [1.82, 2.24) is 15.1 Å². The molecule has 0 bridgehead atoms. The van der Waals surface area contributed by atoms with E-state index in [9.17, 15) is 24.4 Å². The van der Waals surface area contributed by atoms with Gasteiger partial charge in [-0.05, 0) is 31.6 Å². The number of nitrogens with two attached hydrogens (primary N) is 1. The summed E-state index contributed by atoms with van der Waals surface area (Å²) >= 11 is 0. The Hall–Kier alpha value is -1.65. The van der Waals surface area contributed by atoms with Crippen molar-refractivity contribution in [1.29, 1.82) is 0 Å². The van der Waals surface area contributed by atoms with Gasteiger partial charge in [0.25, 0.3) is 0 Å². The van der Waals surface area contributed by atoms with E-state index in [4.69, 9.17) is 5.73 Å². The third-order valence-electron chi connectivity index (χ3n) is 5.21. The van der Waals surface area contributed by atoms with Crippen LogP contribution < -0.4 is 11.1 Å². The maximum atomic E-state index is 12.9. The molecule has 2 heterocycles. The van der Waals surface area contributed by atoms with Gasteiger partial charge in [-0.25, -0.2) is 0 Å². The predicted molar refractivity (Wildman–Crippen MR) is 95.5 cm³/mol. The molecule has 0 aromatic heterocycles. The van der Waals surface area contributed by atoms with Gasteiger partial charge >= 0.3 is 7.12 Å². The molecular weight excluding hydrogens is 339 g/mol. The van der Waals surface area contributed by atoms with Crippen molar-refractivity contribution in [2.75, 3.05) is 19.6 Å². The van der Waals surface area contributed by atoms with Gasteiger partial charge in [-0.1, -0.05) is 13.8 Å². The molecule has 2 fully saturated rings. The van der Waals surface area contributed by atoms with Crippen molar-refractivity contribution in [3.63, 3.8) is 0 Å². The number of likely N-dealkylation sites (tertiary alicyclic amines) is 2. The summed E-state index contributed by atoms with van der Waals surface area (Å²) in [6.45, 7) is 4.41. The molecule has 3 amide bonds. The van der Waals surface area contributed by atoms with Gasteiger partial charge in [0, 0.05) is 13.1 Å². The van der Waals surface area contributed by atoms with Crippen molar-refractivity contribution in [3.8, 4) is 0 Å². The highest BCUT2D eigenvalue weighted by atomic mass is 16.4. The van der Waals surface area contributed by atoms with E-state index >= 15 is 0 Å². The molecule has 0 aromatic carbocycles. The zero-order valence-electron chi connectivity index (χ0n) is 15.4. The first-order valence-corrected chi connectivity index (χ1v) is 9.24. The van der Waals surface area contributed by atoms with Crippen LogP contribution in [0.2, 0.25) is 0 Å². The van der Waals surface area contributed by atoms with Gasteiger partial charge in [0.15, 0.2) is 0 Å². The largest absolute Gasteiger partial charge is 0.475 e. The second kappa shape index (κ2) is 8.83. The molecular formula is C16H29BN4O5. The highest BCUT2D eigenvalue weighted by molar-refractivity contribution is 6.43. The van der Waals surface area contributed by atoms with Gasteiger partial charge in [0.1, 0.15) is 12.1 Å². The summed E-state index contributed by atoms with van der Waals surface area (Å²) in [5, 5.41) is 21.8. The van der Waals surface area contributed by atoms with E-state index < -0.39 is 25.1 Å². The molecule has 26 heavy (non-hydrogen) atoms. The number of nitrogens with one attached hydrogen (secondary N) is 1. The normalized spacial score (nSPS) is 24.1. The number of hydrogen-bond donors (Lipinski definition) is 4. The minimum atomic E-state index is -1.60. The lowest BCUT2D eigenvalue weighted by Crippen LogP contribution is -2.58. The lowest BCUT2D eigenvalue weighted by atomic mass is 9.77. The Labute approximate surface area is 154 Å². The number of carbonyl (C=O) groups is 3. The summed E-state index contributed by atoms with van der Waals surface area (Å²) in [6.07, 6.45) is 2.46. The molecule has 0 saturated carbocycles. The predicted octanol–water partition coefficient (Wildman–Crippen LogP) is -1.92. The van der Waals surface area contributed by atoms with Crippen molar-refractivity contribution >= 4 is 24.8 Å². The fourth-order valence-corrected chi connectivity index (χ4v) is 3.77. The van der Waals surface area contributed by atoms with Gasteiger partial charge < -0.3 is 30.9 Å². The summed E-state index contributed by atoms with van der Waals surface area (Å²) in [5.74, 6) is -1.79. The topological polar surface area (TPSA) is 136 Å². The molecule has 0 aliphatic carbocycles. The number of nitrogens with zero attached hydrogens (tertiary/aromatic N) is 2. The van der Waals surface area contributed by atoms with Crippen LogP contribution in [-0.2, 0) is 14.4 Å². The first-order valence-electron chi connectivity index (χ1n) is 9.24. The monoisotopic (exact) mass is 368 g/mol. The van der Waals surface area contributed by atoms with Gasteiger partial charge in [-0.15, -0.1) is 0 Å². The van der Waals surface area contributed by atoms with E-state index in [0.717, 1.165) is 6.42 Å². The summed E-state index contributed by atoms with van der Waals surface area (Å²) in [5.41, 5.74) is 5.41. The van der Waals surface area contributed by atoms with E-state index in [2.05, 4.69) is 5.32 Å². The minimum absolute atomic E-state index is 0.153. The zero-order chi connectivity index (χ0) is 19.4. The smallest absolute Gasteiger partial charge is 0.426 e. The first-order chi connectivity index (χ1) is 12.3. The molecule has 0 radical (unpaired) electrons. The van der Waals surface area contributed by atoms with Crippen molar-refractivity contribution < 1.29 is 24.4 Å². The van der Waals surface area contributed by atoms with Crippen LogP contribution >= 0.6 is 0 Å². The Morgan fingerprint density at radius 1 is 1.15 bits per heavy atom. The third kappa shape index (κ3) is 4.36. The Morgan fingerprint density at radius 2 is 1.77 bits per heavy atom. The van der Waals surface area contributed by atoms with Crippen LogP contribution in [0.15, 0.2) is 0 Å². The molecule has 2 saturated heterocycles. The molecule has 1 unspecified atom stereocenters. The lowest BCUT2D eigenvalue weighted by molar-refractivity contribution is -0.141. The van der Waals surface area contributed by atoms with E-state index in [1.54, 1.807) is 0 Å². The molecule has 2 aliphatic heterocycles. The molecule has 3 atom stereocenters. The van der Waals surface area contributed by atoms with Crippen molar-refractivity contribution in [2.24, 2.45) is 11.7 Å². The SMILES string of the molecule is CC(C)[C@H](NC(=O)[C@@H]1CCCN1C(=O)CN)C(=O)N1CCCC1B(O)O. The maximum absolute atomic E-state index is 12.9. The first kappa shape index (κ1) is 20.7. The van der Waals surface area contributed by atoms with Gasteiger partial charge in [0.05, 0.1) is 12.5 Å². The maximum Gasteiger partial charge on any atom is 0.475 e. The van der Waals surface area contributed by atoms with E-state index in [1.807, 2.05) is 13.8 Å². The molecule has 10 heteroatoms. The van der Waals surface area contributed by atoms with Crippen LogP contribution in [0.25, 0.3) is 0 Å². The number of amides is 3. The van der Waals surface area contributed by atoms with E-state index in [1.165, 1.54) is 9.80 Å². The Bertz CT molecular complexity index is 545.